The number of aromatic nitrogens is 1. The molecular weight excluding hydrogens is 222 g/mol. The van der Waals surface area contributed by atoms with Gasteiger partial charge in [0.2, 0.25) is 0 Å². The lowest BCUT2D eigenvalue weighted by molar-refractivity contribution is 0.584. The van der Waals surface area contributed by atoms with Gasteiger partial charge in [-0.25, -0.2) is 0 Å². The lowest BCUT2D eigenvalue weighted by Crippen LogP contribution is -2.50. The summed E-state index contributed by atoms with van der Waals surface area (Å²) in [6.07, 6.45) is 4.55. The molecule has 1 heterocycles. The molecule has 3 heteroatoms. The van der Waals surface area contributed by atoms with Gasteiger partial charge in [0.15, 0.2) is 0 Å². The fraction of sp³-hybridized carbons (Fsp3) is 0.133. The van der Waals surface area contributed by atoms with Crippen molar-refractivity contribution in [3.63, 3.8) is 0 Å². The van der Waals surface area contributed by atoms with Gasteiger partial charge in [-0.2, -0.15) is 0 Å². The third-order valence-corrected chi connectivity index (χ3v) is 3.51. The van der Waals surface area contributed by atoms with Crippen molar-refractivity contribution in [3.8, 4) is 0 Å². The van der Waals surface area contributed by atoms with Gasteiger partial charge in [0.05, 0.1) is 16.6 Å². The first-order valence-electron chi connectivity index (χ1n) is 5.98. The van der Waals surface area contributed by atoms with E-state index in [0.717, 1.165) is 16.1 Å². The predicted octanol–water partition coefficient (Wildman–Crippen LogP) is 0.187. The van der Waals surface area contributed by atoms with E-state index in [1.54, 1.807) is 6.20 Å². The molecule has 3 nitrogen and oxygen atoms in total. The molecule has 0 spiro atoms. The molecule has 1 aromatic heterocycles. The van der Waals surface area contributed by atoms with E-state index in [4.69, 9.17) is 11.5 Å². The van der Waals surface area contributed by atoms with Crippen LogP contribution in [0.2, 0.25) is 0 Å². The van der Waals surface area contributed by atoms with Crippen LogP contribution in [0.25, 0.3) is 11.8 Å². The number of rotatable bonds is 1. The zero-order chi connectivity index (χ0) is 12.6. The van der Waals surface area contributed by atoms with Gasteiger partial charge in [0.25, 0.3) is 0 Å². The third kappa shape index (κ3) is 1.52. The molecule has 2 aromatic rings. The maximum Gasteiger partial charge on any atom is 0.0908 e. The molecule has 1 aliphatic rings. The van der Waals surface area contributed by atoms with Gasteiger partial charge in [-0.15, -0.1) is 0 Å². The van der Waals surface area contributed by atoms with Gasteiger partial charge in [-0.3, -0.25) is 4.98 Å². The van der Waals surface area contributed by atoms with Gasteiger partial charge >= 0.3 is 0 Å². The molecule has 0 aliphatic heterocycles. The molecule has 0 saturated heterocycles. The van der Waals surface area contributed by atoms with Crippen molar-refractivity contribution < 1.29 is 0 Å². The fourth-order valence-electron chi connectivity index (χ4n) is 2.41. The molecule has 0 radical (unpaired) electrons. The molecule has 90 valence electrons. The number of pyridine rings is 1. The zero-order valence-electron chi connectivity index (χ0n) is 10.0. The second-order valence-corrected chi connectivity index (χ2v) is 4.60. The maximum absolute atomic E-state index is 6.51. The van der Waals surface area contributed by atoms with Crippen molar-refractivity contribution in [2.24, 2.45) is 11.5 Å². The summed E-state index contributed by atoms with van der Waals surface area (Å²) < 4.78 is 0. The van der Waals surface area contributed by atoms with Gasteiger partial charge in [0, 0.05) is 6.20 Å². The Labute approximate surface area is 105 Å². The van der Waals surface area contributed by atoms with Crippen molar-refractivity contribution in [2.75, 3.05) is 0 Å². The van der Waals surface area contributed by atoms with Crippen molar-refractivity contribution in [1.82, 2.24) is 4.98 Å². The quantitative estimate of drug-likeness (QED) is 0.744. The van der Waals surface area contributed by atoms with E-state index >= 15 is 0 Å². The van der Waals surface area contributed by atoms with Crippen LogP contribution in [0.4, 0.5) is 0 Å². The Morgan fingerprint density at radius 3 is 2.61 bits per heavy atom. The highest BCUT2D eigenvalue weighted by Crippen LogP contribution is 2.28. The van der Waals surface area contributed by atoms with Crippen LogP contribution >= 0.6 is 0 Å². The minimum atomic E-state index is -0.650. The van der Waals surface area contributed by atoms with Crippen LogP contribution in [0.1, 0.15) is 12.0 Å². The lowest BCUT2D eigenvalue weighted by Gasteiger charge is -2.31. The summed E-state index contributed by atoms with van der Waals surface area (Å²) in [5.74, 6) is 0. The Morgan fingerprint density at radius 1 is 1.06 bits per heavy atom. The second-order valence-electron chi connectivity index (χ2n) is 4.60. The topological polar surface area (TPSA) is 64.9 Å². The Morgan fingerprint density at radius 2 is 1.83 bits per heavy atom. The van der Waals surface area contributed by atoms with Crippen LogP contribution in [0.5, 0.6) is 0 Å². The summed E-state index contributed by atoms with van der Waals surface area (Å²) in [5, 5.41) is 1.86. The Bertz CT molecular complexity index is 691. The van der Waals surface area contributed by atoms with Crippen molar-refractivity contribution >= 4 is 11.8 Å². The average molecular weight is 237 g/mol. The van der Waals surface area contributed by atoms with Crippen LogP contribution in [-0.4, -0.2) is 4.98 Å². The summed E-state index contributed by atoms with van der Waals surface area (Å²) in [7, 11) is 0. The van der Waals surface area contributed by atoms with E-state index in [0.29, 0.717) is 12.1 Å². The number of benzene rings is 1. The van der Waals surface area contributed by atoms with Gasteiger partial charge in [-0.1, -0.05) is 42.5 Å². The van der Waals surface area contributed by atoms with E-state index in [1.807, 2.05) is 42.5 Å². The zero-order valence-corrected chi connectivity index (χ0v) is 10.0. The van der Waals surface area contributed by atoms with Crippen LogP contribution in [-0.2, 0) is 5.54 Å². The predicted molar refractivity (Wildman–Crippen MR) is 72.5 cm³/mol. The first-order valence-corrected chi connectivity index (χ1v) is 5.98. The van der Waals surface area contributed by atoms with Crippen LogP contribution < -0.4 is 22.0 Å². The Hall–Kier alpha value is -2.13. The Kier molecular flexibility index (Phi) is 2.42. The number of nitrogens with zero attached hydrogens (tertiary/aromatic N) is 1. The summed E-state index contributed by atoms with van der Waals surface area (Å²) in [6.45, 7) is 0. The maximum atomic E-state index is 6.51. The number of hydrogen-bond donors (Lipinski definition) is 2. The number of nitrogens with two attached hydrogens (primary N) is 2. The first kappa shape index (κ1) is 11.0. The van der Waals surface area contributed by atoms with E-state index in [-0.39, 0.29) is 0 Å². The molecule has 0 saturated carbocycles. The largest absolute Gasteiger partial charge is 0.398 e. The molecule has 18 heavy (non-hydrogen) atoms. The van der Waals surface area contributed by atoms with Crippen molar-refractivity contribution in [1.29, 1.82) is 0 Å². The summed E-state index contributed by atoms with van der Waals surface area (Å²) in [4.78, 5) is 4.35. The Balaban J connectivity index is 2.27. The molecule has 1 aromatic carbocycles. The summed E-state index contributed by atoms with van der Waals surface area (Å²) >= 11 is 0. The minimum Gasteiger partial charge on any atom is -0.398 e. The SMILES string of the molecule is NC1=c2ncccc2=CCC1(N)c1ccccc1. The highest BCUT2D eigenvalue weighted by molar-refractivity contribution is 5.61. The van der Waals surface area contributed by atoms with Gasteiger partial charge in [-0.05, 0) is 23.3 Å². The summed E-state index contributed by atoms with van der Waals surface area (Å²) in [6, 6.07) is 13.9. The van der Waals surface area contributed by atoms with Gasteiger partial charge < -0.3 is 11.5 Å². The van der Waals surface area contributed by atoms with Crippen molar-refractivity contribution in [3.05, 3.63) is 64.8 Å². The van der Waals surface area contributed by atoms with Crippen molar-refractivity contribution in [2.45, 2.75) is 12.0 Å². The fourth-order valence-corrected chi connectivity index (χ4v) is 2.41. The summed E-state index contributed by atoms with van der Waals surface area (Å²) in [5.41, 5.74) is 13.8. The smallest absolute Gasteiger partial charge is 0.0908 e. The van der Waals surface area contributed by atoms with Crippen LogP contribution in [0.3, 0.4) is 0 Å². The molecule has 1 atom stereocenters. The minimum absolute atomic E-state index is 0.645. The standard InChI is InChI=1S/C15H15N3/c16-14-13-11(5-4-10-18-13)8-9-15(14,17)12-6-2-1-3-7-12/h1-8,10H,9,16-17H2. The van der Waals surface area contributed by atoms with E-state index in [9.17, 15) is 0 Å². The lowest BCUT2D eigenvalue weighted by atomic mass is 9.82. The molecule has 0 bridgehead atoms. The average Bonchev–Trinajstić information content (AvgIpc) is 2.44. The van der Waals surface area contributed by atoms with E-state index < -0.39 is 5.54 Å². The van der Waals surface area contributed by atoms with Gasteiger partial charge in [0.1, 0.15) is 0 Å². The van der Waals surface area contributed by atoms with E-state index in [1.165, 1.54) is 0 Å². The second kappa shape index (κ2) is 3.96. The normalized spacial score (nSPS) is 22.2. The molecule has 4 N–H and O–H groups in total. The molecule has 0 amide bonds. The van der Waals surface area contributed by atoms with Crippen LogP contribution in [0.15, 0.2) is 48.7 Å². The number of fused-ring (bicyclic) bond motifs is 1. The van der Waals surface area contributed by atoms with Crippen LogP contribution in [0, 0.1) is 0 Å². The molecule has 3 rings (SSSR count). The molecular formula is C15H15N3. The third-order valence-electron chi connectivity index (χ3n) is 3.51. The highest BCUT2D eigenvalue weighted by atomic mass is 14.9. The first-order chi connectivity index (χ1) is 8.72. The highest BCUT2D eigenvalue weighted by Gasteiger charge is 2.32. The molecule has 1 aliphatic carbocycles. The monoisotopic (exact) mass is 237 g/mol. The molecule has 0 fully saturated rings. The van der Waals surface area contributed by atoms with E-state index in [2.05, 4.69) is 11.1 Å². The number of hydrogen-bond acceptors (Lipinski definition) is 3. The molecule has 1 unspecified atom stereocenters.